The highest BCUT2D eigenvalue weighted by atomic mass is 16.5. The Labute approximate surface area is 120 Å². The van der Waals surface area contributed by atoms with E-state index in [9.17, 15) is 0 Å². The Bertz CT molecular complexity index is 722. The molecule has 2 aromatic heterocycles. The van der Waals surface area contributed by atoms with E-state index in [0.29, 0.717) is 13.2 Å². The number of hydrogen-bond donors (Lipinski definition) is 1. The molecule has 7 heteroatoms. The smallest absolute Gasteiger partial charge is 0.163 e. The van der Waals surface area contributed by atoms with Gasteiger partial charge in [-0.15, -0.1) is 0 Å². The number of aromatic nitrogens is 5. The summed E-state index contributed by atoms with van der Waals surface area (Å²) < 4.78 is 13.1. The fourth-order valence-corrected chi connectivity index (χ4v) is 2.43. The van der Waals surface area contributed by atoms with Gasteiger partial charge in [0.25, 0.3) is 0 Å². The predicted molar refractivity (Wildman–Crippen MR) is 75.5 cm³/mol. The molecule has 0 fully saturated rings. The molecule has 1 N–H and O–H groups in total. The van der Waals surface area contributed by atoms with Gasteiger partial charge in [-0.05, 0) is 6.92 Å². The summed E-state index contributed by atoms with van der Waals surface area (Å²) in [5.41, 5.74) is 1.79. The van der Waals surface area contributed by atoms with E-state index in [1.54, 1.807) is 11.0 Å². The van der Waals surface area contributed by atoms with Crippen LogP contribution in [0.4, 0.5) is 0 Å². The van der Waals surface area contributed by atoms with Crippen molar-refractivity contribution >= 4 is 11.0 Å². The van der Waals surface area contributed by atoms with E-state index in [0.717, 1.165) is 34.8 Å². The first-order chi connectivity index (χ1) is 10.3. The van der Waals surface area contributed by atoms with Crippen molar-refractivity contribution in [3.05, 3.63) is 30.6 Å². The molecule has 0 radical (unpaired) electrons. The standard InChI is InChI=1S/C14H15N5O2/c1-9(19-8-15-7-16-19)14-17-10-5-12-13(6-11(10)18-14)21-4-2-3-20-12/h5-9H,2-4H2,1H3,(H,17,18). The Hall–Kier alpha value is -2.57. The van der Waals surface area contributed by atoms with Gasteiger partial charge in [0.2, 0.25) is 0 Å². The van der Waals surface area contributed by atoms with Crippen LogP contribution in [0.2, 0.25) is 0 Å². The monoisotopic (exact) mass is 285 g/mol. The van der Waals surface area contributed by atoms with Crippen molar-refractivity contribution in [2.24, 2.45) is 0 Å². The van der Waals surface area contributed by atoms with E-state index in [4.69, 9.17) is 9.47 Å². The highest BCUT2D eigenvalue weighted by Crippen LogP contribution is 2.34. The summed E-state index contributed by atoms with van der Waals surface area (Å²) in [7, 11) is 0. The third kappa shape index (κ3) is 2.10. The second-order valence-corrected chi connectivity index (χ2v) is 5.04. The van der Waals surface area contributed by atoms with Crippen molar-refractivity contribution in [2.75, 3.05) is 13.2 Å². The molecule has 0 bridgehead atoms. The minimum Gasteiger partial charge on any atom is -0.489 e. The third-order valence-electron chi connectivity index (χ3n) is 3.60. The van der Waals surface area contributed by atoms with Crippen LogP contribution in [0.1, 0.15) is 25.2 Å². The van der Waals surface area contributed by atoms with Crippen molar-refractivity contribution in [1.82, 2.24) is 24.7 Å². The van der Waals surface area contributed by atoms with Gasteiger partial charge in [-0.1, -0.05) is 0 Å². The number of imidazole rings is 1. The first kappa shape index (κ1) is 12.2. The lowest BCUT2D eigenvalue weighted by atomic mass is 10.3. The third-order valence-corrected chi connectivity index (χ3v) is 3.60. The molecule has 1 aliphatic rings. The molecule has 3 heterocycles. The fraction of sp³-hybridized carbons (Fsp3) is 0.357. The Morgan fingerprint density at radius 3 is 2.81 bits per heavy atom. The van der Waals surface area contributed by atoms with Gasteiger partial charge in [0.15, 0.2) is 11.5 Å². The van der Waals surface area contributed by atoms with Crippen molar-refractivity contribution in [1.29, 1.82) is 0 Å². The van der Waals surface area contributed by atoms with Crippen LogP contribution >= 0.6 is 0 Å². The Morgan fingerprint density at radius 1 is 1.24 bits per heavy atom. The van der Waals surface area contributed by atoms with Crippen LogP contribution < -0.4 is 9.47 Å². The molecule has 3 aromatic rings. The van der Waals surface area contributed by atoms with Gasteiger partial charge in [0, 0.05) is 18.6 Å². The van der Waals surface area contributed by atoms with Crippen molar-refractivity contribution < 1.29 is 9.47 Å². The van der Waals surface area contributed by atoms with Gasteiger partial charge in [0.05, 0.1) is 24.2 Å². The summed E-state index contributed by atoms with van der Waals surface area (Å²) in [6, 6.07) is 3.85. The van der Waals surface area contributed by atoms with Crippen molar-refractivity contribution in [3.63, 3.8) is 0 Å². The summed E-state index contributed by atoms with van der Waals surface area (Å²) >= 11 is 0. The van der Waals surface area contributed by atoms with Crippen LogP contribution in [0, 0.1) is 0 Å². The van der Waals surface area contributed by atoms with E-state index in [1.165, 1.54) is 6.33 Å². The maximum atomic E-state index is 5.70. The van der Waals surface area contributed by atoms with Gasteiger partial charge in [-0.25, -0.2) is 14.6 Å². The number of fused-ring (bicyclic) bond motifs is 2. The zero-order valence-electron chi connectivity index (χ0n) is 11.6. The summed E-state index contributed by atoms with van der Waals surface area (Å²) in [6.45, 7) is 3.37. The highest BCUT2D eigenvalue weighted by molar-refractivity contribution is 5.80. The minimum absolute atomic E-state index is 0.0125. The Morgan fingerprint density at radius 2 is 2.05 bits per heavy atom. The van der Waals surface area contributed by atoms with E-state index in [1.807, 2.05) is 19.1 Å². The van der Waals surface area contributed by atoms with Crippen molar-refractivity contribution in [2.45, 2.75) is 19.4 Å². The number of nitrogens with one attached hydrogen (secondary N) is 1. The number of nitrogens with zero attached hydrogens (tertiary/aromatic N) is 4. The number of rotatable bonds is 2. The van der Waals surface area contributed by atoms with Gasteiger partial charge in [-0.3, -0.25) is 0 Å². The number of aromatic amines is 1. The van der Waals surface area contributed by atoms with E-state index >= 15 is 0 Å². The SMILES string of the molecule is CC(c1nc2cc3c(cc2[nH]1)OCCCO3)n1cncn1. The molecule has 1 atom stereocenters. The van der Waals surface area contributed by atoms with Gasteiger partial charge in [0.1, 0.15) is 24.5 Å². The van der Waals surface area contributed by atoms with E-state index in [2.05, 4.69) is 20.1 Å². The second kappa shape index (κ2) is 4.76. The molecular weight excluding hydrogens is 270 g/mol. The molecule has 0 saturated heterocycles. The summed E-state index contributed by atoms with van der Waals surface area (Å²) in [5.74, 6) is 2.35. The first-order valence-electron chi connectivity index (χ1n) is 6.94. The molecule has 7 nitrogen and oxygen atoms in total. The zero-order valence-corrected chi connectivity index (χ0v) is 11.6. The molecule has 0 aliphatic carbocycles. The van der Waals surface area contributed by atoms with Crippen LogP contribution in [0.5, 0.6) is 11.5 Å². The Balaban J connectivity index is 1.76. The molecular formula is C14H15N5O2. The lowest BCUT2D eigenvalue weighted by Crippen LogP contribution is -2.08. The summed E-state index contributed by atoms with van der Waals surface area (Å²) in [5, 5.41) is 4.15. The molecule has 1 unspecified atom stereocenters. The average Bonchev–Trinajstić information content (AvgIpc) is 3.10. The minimum atomic E-state index is -0.0125. The van der Waals surface area contributed by atoms with Crippen LogP contribution in [0.25, 0.3) is 11.0 Å². The van der Waals surface area contributed by atoms with E-state index in [-0.39, 0.29) is 6.04 Å². The fourth-order valence-electron chi connectivity index (χ4n) is 2.43. The maximum Gasteiger partial charge on any atom is 0.163 e. The van der Waals surface area contributed by atoms with Crippen LogP contribution in [-0.4, -0.2) is 37.9 Å². The Kier molecular flexibility index (Phi) is 2.77. The molecule has 1 aromatic carbocycles. The van der Waals surface area contributed by atoms with Gasteiger partial charge >= 0.3 is 0 Å². The lowest BCUT2D eigenvalue weighted by Gasteiger charge is -2.07. The van der Waals surface area contributed by atoms with Gasteiger partial charge < -0.3 is 14.5 Å². The largest absolute Gasteiger partial charge is 0.489 e. The van der Waals surface area contributed by atoms with Gasteiger partial charge in [-0.2, -0.15) is 5.10 Å². The molecule has 1 aliphatic heterocycles. The number of H-pyrrole nitrogens is 1. The topological polar surface area (TPSA) is 77.9 Å². The normalized spacial score (nSPS) is 15.9. The second-order valence-electron chi connectivity index (χ2n) is 5.04. The molecule has 21 heavy (non-hydrogen) atoms. The average molecular weight is 285 g/mol. The van der Waals surface area contributed by atoms with Crippen LogP contribution in [0.15, 0.2) is 24.8 Å². The molecule has 0 amide bonds. The zero-order chi connectivity index (χ0) is 14.2. The molecule has 108 valence electrons. The molecule has 0 saturated carbocycles. The summed E-state index contributed by atoms with van der Waals surface area (Å²) in [6.07, 6.45) is 4.09. The van der Waals surface area contributed by atoms with Crippen LogP contribution in [-0.2, 0) is 0 Å². The number of hydrogen-bond acceptors (Lipinski definition) is 5. The summed E-state index contributed by atoms with van der Waals surface area (Å²) in [4.78, 5) is 11.9. The van der Waals surface area contributed by atoms with Crippen LogP contribution in [0.3, 0.4) is 0 Å². The quantitative estimate of drug-likeness (QED) is 0.778. The highest BCUT2D eigenvalue weighted by Gasteiger charge is 2.17. The number of benzene rings is 1. The lowest BCUT2D eigenvalue weighted by molar-refractivity contribution is 0.297. The first-order valence-corrected chi connectivity index (χ1v) is 6.94. The maximum absolute atomic E-state index is 5.70. The molecule has 4 rings (SSSR count). The van der Waals surface area contributed by atoms with E-state index < -0.39 is 0 Å². The predicted octanol–water partition coefficient (Wildman–Crippen LogP) is 1.92. The number of ether oxygens (including phenoxy) is 2. The van der Waals surface area contributed by atoms with Crippen molar-refractivity contribution in [3.8, 4) is 11.5 Å². The molecule has 0 spiro atoms.